The van der Waals surface area contributed by atoms with Gasteiger partial charge in [-0.15, -0.1) is 6.58 Å². The minimum Gasteiger partial charge on any atom is -0.506 e. The zero-order valence-electron chi connectivity index (χ0n) is 10.3. The summed E-state index contributed by atoms with van der Waals surface area (Å²) < 4.78 is 27.6. The molecule has 0 amide bonds. The van der Waals surface area contributed by atoms with Gasteiger partial charge in [0.2, 0.25) is 0 Å². The first-order valence-electron chi connectivity index (χ1n) is 6.00. The topological polar surface area (TPSA) is 35.5 Å². The van der Waals surface area contributed by atoms with Crippen LogP contribution in [0, 0.1) is 11.6 Å². The molecule has 19 heavy (non-hydrogen) atoms. The van der Waals surface area contributed by atoms with Gasteiger partial charge >= 0.3 is 0 Å². The number of phenols is 1. The normalized spacial score (nSPS) is 18.3. The highest BCUT2D eigenvalue weighted by atomic mass is 79.9. The number of aromatic hydroxyl groups is 1. The smallest absolute Gasteiger partial charge is 0.167 e. The largest absolute Gasteiger partial charge is 0.506 e. The Labute approximate surface area is 119 Å². The molecule has 1 atom stereocenters. The zero-order valence-corrected chi connectivity index (χ0v) is 11.9. The molecule has 6 heteroatoms. The second-order valence-corrected chi connectivity index (χ2v) is 5.24. The highest BCUT2D eigenvalue weighted by molar-refractivity contribution is 9.10. The van der Waals surface area contributed by atoms with Crippen molar-refractivity contribution in [2.45, 2.75) is 6.04 Å². The predicted molar refractivity (Wildman–Crippen MR) is 73.1 cm³/mol. The van der Waals surface area contributed by atoms with Gasteiger partial charge in [-0.3, -0.25) is 4.90 Å². The number of piperazine rings is 1. The summed E-state index contributed by atoms with van der Waals surface area (Å²) in [6.45, 7) is 6.58. The van der Waals surface area contributed by atoms with Gasteiger partial charge in [0.25, 0.3) is 0 Å². The molecule has 0 bridgehead atoms. The van der Waals surface area contributed by atoms with Gasteiger partial charge in [-0.1, -0.05) is 6.08 Å². The van der Waals surface area contributed by atoms with E-state index in [9.17, 15) is 13.9 Å². The Morgan fingerprint density at radius 1 is 1.42 bits per heavy atom. The van der Waals surface area contributed by atoms with Gasteiger partial charge in [-0.2, -0.15) is 0 Å². The zero-order chi connectivity index (χ0) is 14.0. The second-order valence-electron chi connectivity index (χ2n) is 4.38. The van der Waals surface area contributed by atoms with E-state index in [4.69, 9.17) is 0 Å². The molecule has 1 heterocycles. The number of nitrogens with zero attached hydrogens (tertiary/aromatic N) is 1. The fourth-order valence-electron chi connectivity index (χ4n) is 2.28. The highest BCUT2D eigenvalue weighted by Gasteiger charge is 2.28. The lowest BCUT2D eigenvalue weighted by Gasteiger charge is -2.34. The molecule has 0 unspecified atom stereocenters. The van der Waals surface area contributed by atoms with E-state index >= 15 is 0 Å². The number of benzene rings is 1. The molecule has 2 rings (SSSR count). The molecule has 3 nitrogen and oxygen atoms in total. The van der Waals surface area contributed by atoms with Crippen LogP contribution in [0.3, 0.4) is 0 Å². The number of hydrogen-bond donors (Lipinski definition) is 2. The third kappa shape index (κ3) is 2.80. The molecule has 0 aromatic heterocycles. The van der Waals surface area contributed by atoms with E-state index in [2.05, 4.69) is 27.8 Å². The second kappa shape index (κ2) is 5.98. The summed E-state index contributed by atoms with van der Waals surface area (Å²) in [4.78, 5) is 1.95. The summed E-state index contributed by atoms with van der Waals surface area (Å²) in [5.41, 5.74) is -0.0659. The van der Waals surface area contributed by atoms with Crippen molar-refractivity contribution in [3.63, 3.8) is 0 Å². The Morgan fingerprint density at radius 3 is 2.63 bits per heavy atom. The van der Waals surface area contributed by atoms with E-state index in [0.29, 0.717) is 13.1 Å². The van der Waals surface area contributed by atoms with Crippen molar-refractivity contribution in [2.75, 3.05) is 26.2 Å². The number of nitrogens with one attached hydrogen (secondary N) is 1. The van der Waals surface area contributed by atoms with Gasteiger partial charge in [0, 0.05) is 26.2 Å². The molecule has 1 aliphatic heterocycles. The SMILES string of the molecule is C=C[C@@H](c1c(O)c(Br)cc(F)c1F)N1CCNCC1. The molecule has 0 saturated carbocycles. The van der Waals surface area contributed by atoms with Gasteiger partial charge in [0.1, 0.15) is 5.75 Å². The predicted octanol–water partition coefficient (Wildman–Crippen LogP) is 2.57. The van der Waals surface area contributed by atoms with Crippen LogP contribution in [0.5, 0.6) is 5.75 Å². The number of rotatable bonds is 3. The summed E-state index contributed by atoms with van der Waals surface area (Å²) in [6, 6.07) is 0.376. The Balaban J connectivity index is 2.45. The van der Waals surface area contributed by atoms with Crippen molar-refractivity contribution in [2.24, 2.45) is 0 Å². The Morgan fingerprint density at radius 2 is 2.05 bits per heavy atom. The van der Waals surface area contributed by atoms with Crippen LogP contribution in [-0.4, -0.2) is 36.2 Å². The van der Waals surface area contributed by atoms with E-state index in [0.717, 1.165) is 19.2 Å². The van der Waals surface area contributed by atoms with Crippen LogP contribution in [0.15, 0.2) is 23.2 Å². The van der Waals surface area contributed by atoms with Crippen molar-refractivity contribution in [3.05, 3.63) is 40.4 Å². The standard InChI is InChI=1S/C13H15BrF2N2O/c1-2-10(18-5-3-17-4-6-18)11-12(16)9(15)7-8(14)13(11)19/h2,7,10,17,19H,1,3-6H2/t10-/m0/s1. The maximum Gasteiger partial charge on any atom is 0.167 e. The summed E-state index contributed by atoms with van der Waals surface area (Å²) in [5.74, 6) is -2.28. The van der Waals surface area contributed by atoms with E-state index in [1.54, 1.807) is 0 Å². The van der Waals surface area contributed by atoms with Gasteiger partial charge in [0.15, 0.2) is 11.6 Å². The fraction of sp³-hybridized carbons (Fsp3) is 0.385. The van der Waals surface area contributed by atoms with Gasteiger partial charge < -0.3 is 10.4 Å². The van der Waals surface area contributed by atoms with Crippen LogP contribution < -0.4 is 5.32 Å². The van der Waals surface area contributed by atoms with Crippen molar-refractivity contribution in [1.82, 2.24) is 10.2 Å². The summed E-state index contributed by atoms with van der Waals surface area (Å²) >= 11 is 3.03. The minimum atomic E-state index is -1.02. The minimum absolute atomic E-state index is 0.0659. The van der Waals surface area contributed by atoms with Gasteiger partial charge in [0.05, 0.1) is 16.1 Å². The molecule has 0 spiro atoms. The number of phenolic OH excluding ortho intramolecular Hbond substituents is 1. The average molecular weight is 333 g/mol. The third-order valence-electron chi connectivity index (χ3n) is 3.24. The van der Waals surface area contributed by atoms with Crippen molar-refractivity contribution < 1.29 is 13.9 Å². The van der Waals surface area contributed by atoms with Crippen molar-refractivity contribution in [3.8, 4) is 5.75 Å². The molecular formula is C13H15BrF2N2O. The van der Waals surface area contributed by atoms with Crippen molar-refractivity contribution in [1.29, 1.82) is 0 Å². The van der Waals surface area contributed by atoms with Crippen LogP contribution in [0.1, 0.15) is 11.6 Å². The Hall–Kier alpha value is -0.980. The average Bonchev–Trinajstić information content (AvgIpc) is 2.42. The lowest BCUT2D eigenvalue weighted by atomic mass is 10.0. The van der Waals surface area contributed by atoms with E-state index in [-0.39, 0.29) is 15.8 Å². The molecule has 1 saturated heterocycles. The fourth-order valence-corrected chi connectivity index (χ4v) is 2.70. The lowest BCUT2D eigenvalue weighted by Crippen LogP contribution is -2.44. The van der Waals surface area contributed by atoms with Crippen LogP contribution in [0.4, 0.5) is 8.78 Å². The third-order valence-corrected chi connectivity index (χ3v) is 3.85. The van der Waals surface area contributed by atoms with Crippen LogP contribution >= 0.6 is 15.9 Å². The molecule has 104 valence electrons. The molecule has 0 radical (unpaired) electrons. The molecule has 1 fully saturated rings. The maximum atomic E-state index is 14.0. The molecule has 2 N–H and O–H groups in total. The van der Waals surface area contributed by atoms with Crippen LogP contribution in [0.2, 0.25) is 0 Å². The van der Waals surface area contributed by atoms with Gasteiger partial charge in [-0.05, 0) is 22.0 Å². The molecule has 1 aromatic carbocycles. The molecule has 1 aromatic rings. The molecular weight excluding hydrogens is 318 g/mol. The first kappa shape index (κ1) is 14.4. The van der Waals surface area contributed by atoms with E-state index < -0.39 is 17.7 Å². The summed E-state index contributed by atoms with van der Waals surface area (Å²) in [6.07, 6.45) is 1.52. The maximum absolute atomic E-state index is 14.0. The first-order chi connectivity index (χ1) is 9.06. The lowest BCUT2D eigenvalue weighted by molar-refractivity contribution is 0.196. The first-order valence-corrected chi connectivity index (χ1v) is 6.79. The van der Waals surface area contributed by atoms with Crippen LogP contribution in [0.25, 0.3) is 0 Å². The molecule has 0 aliphatic carbocycles. The monoisotopic (exact) mass is 332 g/mol. The Bertz CT molecular complexity index is 464. The number of halogens is 3. The quantitative estimate of drug-likeness (QED) is 0.659. The van der Waals surface area contributed by atoms with E-state index in [1.807, 2.05) is 4.90 Å². The van der Waals surface area contributed by atoms with Crippen LogP contribution in [-0.2, 0) is 0 Å². The summed E-state index contributed by atoms with van der Waals surface area (Å²) in [7, 11) is 0. The number of hydrogen-bond acceptors (Lipinski definition) is 3. The van der Waals surface area contributed by atoms with Crippen molar-refractivity contribution >= 4 is 15.9 Å². The molecule has 1 aliphatic rings. The van der Waals surface area contributed by atoms with E-state index in [1.165, 1.54) is 6.08 Å². The highest BCUT2D eigenvalue weighted by Crippen LogP contribution is 2.38. The Kier molecular flexibility index (Phi) is 4.54. The van der Waals surface area contributed by atoms with Gasteiger partial charge in [-0.25, -0.2) is 8.78 Å². The summed E-state index contributed by atoms with van der Waals surface area (Å²) in [5, 5.41) is 13.2.